The van der Waals surface area contributed by atoms with Gasteiger partial charge in [0.2, 0.25) is 0 Å². The second kappa shape index (κ2) is 7.17. The highest BCUT2D eigenvalue weighted by molar-refractivity contribution is 9.42. The molecule has 0 radical (unpaired) electrons. The molecular weight excluding hydrogens is 841 g/mol. The summed E-state index contributed by atoms with van der Waals surface area (Å²) in [5, 5.41) is 0. The molecule has 0 aromatic heterocycles. The number of nitrogens with zero attached hydrogens (tertiary/aromatic N) is 1. The zero-order chi connectivity index (χ0) is 15.1. The van der Waals surface area contributed by atoms with Crippen LogP contribution < -0.4 is 4.48 Å². The molecule has 0 bridgehead atoms. The summed E-state index contributed by atoms with van der Waals surface area (Å²) in [6.07, 6.45) is 0. The van der Waals surface area contributed by atoms with Gasteiger partial charge < -0.3 is 0 Å². The zero-order valence-electron chi connectivity index (χ0n) is 8.74. The average Bonchev–Trinajstić information content (AvgIpc) is 2.12. The topological polar surface area (TPSA) is 0 Å². The van der Waals surface area contributed by atoms with Gasteiger partial charge in [0.1, 0.15) is 5.69 Å². The van der Waals surface area contributed by atoms with E-state index in [2.05, 4.69) is 143 Å². The van der Waals surface area contributed by atoms with Gasteiger partial charge in [-0.1, -0.05) is 18.2 Å². The fourth-order valence-corrected chi connectivity index (χ4v) is 14.6. The molecule has 0 heterocycles. The summed E-state index contributed by atoms with van der Waals surface area (Å²) in [6.45, 7) is 0. The highest BCUT2D eigenvalue weighted by atomic mass is 80.0. The van der Waals surface area contributed by atoms with Crippen molar-refractivity contribution in [3.63, 3.8) is 0 Å². The molecule has 0 saturated heterocycles. The van der Waals surface area contributed by atoms with Crippen molar-refractivity contribution in [1.82, 2.24) is 4.48 Å². The van der Waals surface area contributed by atoms with Crippen molar-refractivity contribution in [3.8, 4) is 0 Å². The van der Waals surface area contributed by atoms with Gasteiger partial charge in [-0.05, 0) is 12.1 Å². The van der Waals surface area contributed by atoms with Crippen molar-refractivity contribution < 1.29 is 0 Å². The van der Waals surface area contributed by atoms with Crippen molar-refractivity contribution in [2.45, 2.75) is 6.80 Å². The first-order valence-corrected chi connectivity index (χ1v) is 11.6. The number of halogens is 9. The molecule has 1 rings (SSSR count). The Morgan fingerprint density at radius 3 is 1.16 bits per heavy atom. The van der Waals surface area contributed by atoms with E-state index >= 15 is 0 Å². The number of hydrogen-bond acceptors (Lipinski definition) is 0. The van der Waals surface area contributed by atoms with Crippen LogP contribution in [0, 0.1) is 0 Å². The average molecular weight is 846 g/mol. The molecule has 0 saturated carbocycles. The molecule has 0 aliphatic rings. The summed E-state index contributed by atoms with van der Waals surface area (Å²) < 4.78 is -1.96. The molecule has 1 aromatic rings. The maximum atomic E-state index is 3.64. The van der Waals surface area contributed by atoms with Crippen LogP contribution in [0.5, 0.6) is 0 Å². The molecule has 1 aromatic carbocycles. The minimum atomic E-state index is -0.721. The number of quaternary nitrogens is 1. The predicted octanol–water partition coefficient (Wildman–Crippen LogP) is 8.38. The summed E-state index contributed by atoms with van der Waals surface area (Å²) >= 11 is 32.7. The van der Waals surface area contributed by atoms with E-state index in [0.29, 0.717) is 0 Å². The third-order valence-corrected chi connectivity index (χ3v) is 7.07. The lowest BCUT2D eigenvalue weighted by Gasteiger charge is -2.53. The van der Waals surface area contributed by atoms with Gasteiger partial charge >= 0.3 is 0 Å². The first-order valence-electron chi connectivity index (χ1n) is 4.51. The Morgan fingerprint density at radius 2 is 0.895 bits per heavy atom. The molecule has 0 aliphatic carbocycles. The SMILES string of the molecule is BrC(Br)(Br)[N+](c1ccccc1)(C(Br)(Br)Br)C(Br)(Br)Br. The van der Waals surface area contributed by atoms with Crippen molar-refractivity contribution in [2.24, 2.45) is 0 Å². The van der Waals surface area contributed by atoms with Crippen LogP contribution in [0.15, 0.2) is 30.3 Å². The summed E-state index contributed by atoms with van der Waals surface area (Å²) in [5.74, 6) is 0. The van der Waals surface area contributed by atoms with Crippen LogP contribution in [0.4, 0.5) is 5.69 Å². The molecule has 0 N–H and O–H groups in total. The normalized spacial score (nSPS) is 14.6. The van der Waals surface area contributed by atoms with Crippen molar-refractivity contribution in [3.05, 3.63) is 30.3 Å². The quantitative estimate of drug-likeness (QED) is 0.152. The van der Waals surface area contributed by atoms with E-state index in [1.54, 1.807) is 0 Å². The standard InChI is InChI=1S/C9H5Br9N/c10-7(11,12)19(8(13,14)15,9(16,17)18)6-4-2-1-3-5-6/h1-5H/q+1. The van der Waals surface area contributed by atoms with Crippen LogP contribution in [0.25, 0.3) is 0 Å². The minimum absolute atomic E-state index is 0.202. The molecule has 0 aliphatic heterocycles. The van der Waals surface area contributed by atoms with Crippen LogP contribution in [0.1, 0.15) is 0 Å². The van der Waals surface area contributed by atoms with Gasteiger partial charge in [-0.25, -0.2) is 0 Å². The zero-order valence-corrected chi connectivity index (χ0v) is 23.0. The molecule has 19 heavy (non-hydrogen) atoms. The van der Waals surface area contributed by atoms with E-state index in [1.165, 1.54) is 0 Å². The summed E-state index contributed by atoms with van der Waals surface area (Å²) in [6, 6.07) is 9.93. The van der Waals surface area contributed by atoms with E-state index in [9.17, 15) is 0 Å². The van der Waals surface area contributed by atoms with Crippen molar-refractivity contribution in [1.29, 1.82) is 0 Å². The van der Waals surface area contributed by atoms with Crippen LogP contribution in [0.3, 0.4) is 0 Å². The molecule has 1 nitrogen and oxygen atoms in total. The Labute approximate surface area is 187 Å². The van der Waals surface area contributed by atoms with Gasteiger partial charge in [-0.3, -0.25) is 0 Å². The molecule has 108 valence electrons. The fourth-order valence-electron chi connectivity index (χ4n) is 1.52. The van der Waals surface area contributed by atoms with E-state index in [-0.39, 0.29) is 4.48 Å². The molecule has 0 atom stereocenters. The van der Waals surface area contributed by atoms with Crippen LogP contribution in [0.2, 0.25) is 0 Å². The molecule has 0 spiro atoms. The monoisotopic (exact) mass is 837 g/mol. The summed E-state index contributed by atoms with van der Waals surface area (Å²) in [5.41, 5.74) is 0.976. The smallest absolute Gasteiger partial charge is 0.196 e. The summed E-state index contributed by atoms with van der Waals surface area (Å²) in [4.78, 5) is 0. The van der Waals surface area contributed by atoms with E-state index < -0.39 is 6.80 Å². The Kier molecular flexibility index (Phi) is 7.75. The lowest BCUT2D eigenvalue weighted by molar-refractivity contribution is 0.350. The van der Waals surface area contributed by atoms with Gasteiger partial charge in [0.15, 0.2) is 0 Å². The van der Waals surface area contributed by atoms with Gasteiger partial charge in [0.05, 0.1) is 0 Å². The Balaban J connectivity index is 3.76. The number of benzene rings is 1. The largest absolute Gasteiger partial charge is 0.272 e. The van der Waals surface area contributed by atoms with Gasteiger partial charge in [0, 0.05) is 143 Å². The minimum Gasteiger partial charge on any atom is -0.196 e. The predicted molar refractivity (Wildman–Crippen MR) is 117 cm³/mol. The van der Waals surface area contributed by atoms with E-state index in [4.69, 9.17) is 0 Å². The summed E-state index contributed by atoms with van der Waals surface area (Å²) in [7, 11) is 0. The Bertz CT molecular complexity index is 392. The number of rotatable bonds is 1. The lowest BCUT2D eigenvalue weighted by atomic mass is 10.3. The third kappa shape index (κ3) is 4.13. The lowest BCUT2D eigenvalue weighted by Crippen LogP contribution is -2.69. The van der Waals surface area contributed by atoms with Gasteiger partial charge in [0.25, 0.3) is 6.80 Å². The van der Waals surface area contributed by atoms with Gasteiger partial charge in [-0.15, -0.1) is 0 Å². The van der Waals surface area contributed by atoms with E-state index in [1.807, 2.05) is 30.3 Å². The maximum Gasteiger partial charge on any atom is 0.272 e. The number of hydrogen-bond donors (Lipinski definition) is 0. The van der Waals surface area contributed by atoms with Gasteiger partial charge in [-0.2, -0.15) is 4.48 Å². The second-order valence-electron chi connectivity index (χ2n) is 3.41. The first kappa shape index (κ1) is 20.5. The third-order valence-electron chi connectivity index (χ3n) is 2.28. The van der Waals surface area contributed by atoms with Crippen LogP contribution in [-0.2, 0) is 0 Å². The molecule has 0 amide bonds. The van der Waals surface area contributed by atoms with E-state index in [0.717, 1.165) is 5.69 Å². The first-order chi connectivity index (χ1) is 8.36. The fraction of sp³-hybridized carbons (Fsp3) is 0.333. The maximum absolute atomic E-state index is 3.64. The number of para-hydroxylation sites is 1. The van der Waals surface area contributed by atoms with Crippen molar-refractivity contribution >= 4 is 149 Å². The number of alkyl halides is 9. The van der Waals surface area contributed by atoms with Crippen LogP contribution in [-0.4, -0.2) is 6.80 Å². The van der Waals surface area contributed by atoms with Crippen molar-refractivity contribution in [2.75, 3.05) is 0 Å². The highest BCUT2D eigenvalue weighted by Crippen LogP contribution is 2.67. The second-order valence-corrected chi connectivity index (χ2v) is 23.3. The molecule has 0 fully saturated rings. The Morgan fingerprint density at radius 1 is 0.579 bits per heavy atom. The molecule has 10 heteroatoms. The molecular formula is C9H5Br9N+. The van der Waals surface area contributed by atoms with Crippen LogP contribution >= 0.6 is 143 Å². The Hall–Kier alpha value is 3.50. The molecule has 0 unspecified atom stereocenters. The highest BCUT2D eigenvalue weighted by Gasteiger charge is 2.68.